The van der Waals surface area contributed by atoms with E-state index in [1.807, 2.05) is 0 Å². The largest absolute Gasteiger partial charge is 0.440 e. The summed E-state index contributed by atoms with van der Waals surface area (Å²) in [7, 11) is 0. The number of fused-ring (bicyclic) bond motifs is 9. The smallest absolute Gasteiger partial charge is 0.257 e. The number of hydrogen-bond acceptors (Lipinski definition) is 3. The number of hydrogen-bond donors (Lipinski definition) is 0. The molecule has 6 aromatic carbocycles. The second-order valence-corrected chi connectivity index (χ2v) is 27.4. The Labute approximate surface area is 420 Å². The molecule has 3 nitrogen and oxygen atoms in total. The minimum atomic E-state index is -0.0701. The standard InChI is InChI=1S/C66H75BN2O/c1-60(2,3)42-21-23-43(24-22-42)69-55-34-41(40-19-17-16-18-20-40)33-54-58(55)67(57-45-36-48-51(39-56(45)70-59(57)69)66(14,15)32-29-63(48,8)9)52-37-49-50(65(12,13)31-30-64(49,10)11)38-53(52)68(54)44-25-26-46-47(35-44)62(6,7)28-27-61(46,4)5/h16-26,33-39H,27-32H2,1-15H3. The van der Waals surface area contributed by atoms with Crippen molar-refractivity contribution in [1.29, 1.82) is 0 Å². The molecule has 3 heterocycles. The minimum Gasteiger partial charge on any atom is -0.440 e. The van der Waals surface area contributed by atoms with E-state index in [4.69, 9.17) is 4.42 Å². The lowest BCUT2D eigenvalue weighted by Gasteiger charge is -2.47. The average Bonchev–Trinajstić information content (AvgIpc) is 3.68. The van der Waals surface area contributed by atoms with Crippen LogP contribution in [0.15, 0.2) is 114 Å². The van der Waals surface area contributed by atoms with E-state index < -0.39 is 0 Å². The highest BCUT2D eigenvalue weighted by molar-refractivity contribution is 7.01. The van der Waals surface area contributed by atoms with Crippen molar-refractivity contribution >= 4 is 68.4 Å². The molecule has 0 radical (unpaired) electrons. The topological polar surface area (TPSA) is 19.6 Å². The molecular weight excluding hydrogens is 848 g/mol. The summed E-state index contributed by atoms with van der Waals surface area (Å²) in [6.07, 6.45) is 6.99. The van der Waals surface area contributed by atoms with Crippen molar-refractivity contribution in [2.75, 3.05) is 9.80 Å². The lowest BCUT2D eigenvalue weighted by molar-refractivity contribution is 0.332. The van der Waals surface area contributed by atoms with Gasteiger partial charge in [-0.3, -0.25) is 4.90 Å². The van der Waals surface area contributed by atoms with E-state index >= 15 is 0 Å². The van der Waals surface area contributed by atoms with Crippen molar-refractivity contribution in [2.45, 2.75) is 180 Å². The van der Waals surface area contributed by atoms with Gasteiger partial charge in [-0.1, -0.05) is 158 Å². The number of nitrogens with zero attached hydrogens (tertiary/aromatic N) is 2. The normalized spacial score (nSPS) is 20.5. The van der Waals surface area contributed by atoms with Crippen LogP contribution < -0.4 is 26.2 Å². The van der Waals surface area contributed by atoms with E-state index in [9.17, 15) is 0 Å². The average molecular weight is 923 g/mol. The maximum atomic E-state index is 7.61. The molecule has 0 bridgehead atoms. The quantitative estimate of drug-likeness (QED) is 0.165. The van der Waals surface area contributed by atoms with Gasteiger partial charge in [-0.25, -0.2) is 0 Å². The van der Waals surface area contributed by atoms with Gasteiger partial charge in [-0.05, 0) is 192 Å². The van der Waals surface area contributed by atoms with Crippen molar-refractivity contribution in [3.8, 4) is 11.1 Å². The molecule has 1 aromatic heterocycles. The minimum absolute atomic E-state index is 0.0193. The molecule has 0 saturated heterocycles. The Kier molecular flexibility index (Phi) is 9.51. The third-order valence-electron chi connectivity index (χ3n) is 18.8. The van der Waals surface area contributed by atoms with Crippen molar-refractivity contribution in [3.63, 3.8) is 0 Å². The zero-order valence-corrected chi connectivity index (χ0v) is 45.0. The van der Waals surface area contributed by atoms with Crippen LogP contribution >= 0.6 is 0 Å². The molecule has 0 atom stereocenters. The fraction of sp³-hybridized carbons (Fsp3) is 0.424. The molecule has 0 unspecified atom stereocenters. The number of benzene rings is 6. The fourth-order valence-corrected chi connectivity index (χ4v) is 13.8. The van der Waals surface area contributed by atoms with Gasteiger partial charge in [0.15, 0.2) is 0 Å². The Morgan fingerprint density at radius 3 is 1.49 bits per heavy atom. The predicted molar refractivity (Wildman–Crippen MR) is 300 cm³/mol. The molecule has 0 amide bonds. The van der Waals surface area contributed by atoms with E-state index in [0.29, 0.717) is 0 Å². The van der Waals surface area contributed by atoms with Gasteiger partial charge in [0, 0.05) is 39.3 Å². The second kappa shape index (κ2) is 14.6. The monoisotopic (exact) mass is 923 g/mol. The number of anilines is 6. The van der Waals surface area contributed by atoms with Crippen molar-refractivity contribution in [3.05, 3.63) is 148 Å². The first-order chi connectivity index (χ1) is 32.8. The molecule has 0 fully saturated rings. The van der Waals surface area contributed by atoms with Crippen LogP contribution in [-0.2, 0) is 37.9 Å². The Morgan fingerprint density at radius 2 is 0.914 bits per heavy atom. The van der Waals surface area contributed by atoms with Gasteiger partial charge in [0.2, 0.25) is 5.88 Å². The van der Waals surface area contributed by atoms with Crippen molar-refractivity contribution in [2.24, 2.45) is 0 Å². The SMILES string of the molecule is CC(C)(C)c1ccc(N2c3cc(-c4ccccc4)cc4c3B(c3cc5c(cc3N4c3ccc4c(c3)C(C)(C)CCC4(C)C)C(C)(C)CCC5(C)C)c3c2oc2cc4c(cc32)C(C)(C)CCC4(C)C)cc1. The fourth-order valence-electron chi connectivity index (χ4n) is 13.8. The van der Waals surface area contributed by atoms with Gasteiger partial charge < -0.3 is 9.32 Å². The summed E-state index contributed by atoms with van der Waals surface area (Å²) in [5, 5.41) is 1.25. The first-order valence-corrected chi connectivity index (χ1v) is 26.7. The predicted octanol–water partition coefficient (Wildman–Crippen LogP) is 16.5. The van der Waals surface area contributed by atoms with Crippen LogP contribution in [0.5, 0.6) is 0 Å². The van der Waals surface area contributed by atoms with Crippen LogP contribution in [0, 0.1) is 0 Å². The molecule has 0 N–H and O–H groups in total. The van der Waals surface area contributed by atoms with Crippen LogP contribution in [0.2, 0.25) is 0 Å². The summed E-state index contributed by atoms with van der Waals surface area (Å²) in [5.74, 6) is 0.944. The second-order valence-electron chi connectivity index (χ2n) is 27.4. The molecule has 358 valence electrons. The molecule has 4 heteroatoms. The molecule has 3 aliphatic carbocycles. The third kappa shape index (κ3) is 6.66. The highest BCUT2D eigenvalue weighted by Gasteiger charge is 2.50. The Bertz CT molecular complexity index is 3310. The molecule has 0 spiro atoms. The van der Waals surface area contributed by atoms with E-state index in [0.717, 1.165) is 42.8 Å². The van der Waals surface area contributed by atoms with Crippen molar-refractivity contribution in [1.82, 2.24) is 0 Å². The lowest BCUT2D eigenvalue weighted by atomic mass is 9.33. The third-order valence-corrected chi connectivity index (χ3v) is 18.8. The number of rotatable bonds is 3. The van der Waals surface area contributed by atoms with E-state index in [1.165, 1.54) is 107 Å². The van der Waals surface area contributed by atoms with Crippen LogP contribution in [0.25, 0.3) is 22.1 Å². The molecular formula is C66H75BN2O. The van der Waals surface area contributed by atoms with Gasteiger partial charge in [0.25, 0.3) is 6.71 Å². The molecule has 70 heavy (non-hydrogen) atoms. The van der Waals surface area contributed by atoms with E-state index in [1.54, 1.807) is 0 Å². The summed E-state index contributed by atoms with van der Waals surface area (Å²) >= 11 is 0. The summed E-state index contributed by atoms with van der Waals surface area (Å²) in [6, 6.07) is 43.4. The Hall–Kier alpha value is -5.48. The van der Waals surface area contributed by atoms with Crippen LogP contribution in [-0.4, -0.2) is 6.71 Å². The molecule has 12 rings (SSSR count). The van der Waals surface area contributed by atoms with Gasteiger partial charge in [-0.2, -0.15) is 0 Å². The van der Waals surface area contributed by atoms with Gasteiger partial charge in [0.05, 0.1) is 0 Å². The van der Waals surface area contributed by atoms with E-state index in [2.05, 4.69) is 223 Å². The zero-order valence-electron chi connectivity index (χ0n) is 45.0. The summed E-state index contributed by atoms with van der Waals surface area (Å²) < 4.78 is 7.61. The van der Waals surface area contributed by atoms with Crippen LogP contribution in [0.3, 0.4) is 0 Å². The first-order valence-electron chi connectivity index (χ1n) is 26.7. The molecule has 2 aliphatic heterocycles. The van der Waals surface area contributed by atoms with Gasteiger partial charge in [0.1, 0.15) is 5.58 Å². The van der Waals surface area contributed by atoms with Crippen LogP contribution in [0.1, 0.15) is 181 Å². The maximum absolute atomic E-state index is 7.61. The summed E-state index contributed by atoms with van der Waals surface area (Å²) in [6.45, 7) is 36.5. The summed E-state index contributed by atoms with van der Waals surface area (Å²) in [4.78, 5) is 5.21. The van der Waals surface area contributed by atoms with Crippen LogP contribution in [0.4, 0.5) is 34.3 Å². The van der Waals surface area contributed by atoms with Crippen molar-refractivity contribution < 1.29 is 4.42 Å². The number of furan rings is 1. The molecule has 0 saturated carbocycles. The highest BCUT2D eigenvalue weighted by Crippen LogP contribution is 2.55. The Balaban J connectivity index is 1.25. The molecule has 5 aliphatic rings. The summed E-state index contributed by atoms with van der Waals surface area (Å²) in [5.41, 5.74) is 24.0. The van der Waals surface area contributed by atoms with E-state index in [-0.39, 0.29) is 44.6 Å². The maximum Gasteiger partial charge on any atom is 0.257 e. The first kappa shape index (κ1) is 45.6. The highest BCUT2D eigenvalue weighted by atomic mass is 16.4. The Morgan fingerprint density at radius 1 is 0.429 bits per heavy atom. The lowest BCUT2D eigenvalue weighted by Crippen LogP contribution is -2.61. The molecule has 7 aromatic rings. The van der Waals surface area contributed by atoms with Gasteiger partial charge in [-0.15, -0.1) is 0 Å². The zero-order chi connectivity index (χ0) is 49.5. The van der Waals surface area contributed by atoms with Gasteiger partial charge >= 0.3 is 0 Å².